The number of ether oxygens (including phenoxy) is 1. The predicted molar refractivity (Wildman–Crippen MR) is 96.2 cm³/mol. The van der Waals surface area contributed by atoms with Crippen LogP contribution in [0, 0.1) is 0 Å². The molecular weight excluding hydrogens is 386 g/mol. The summed E-state index contributed by atoms with van der Waals surface area (Å²) in [5, 5.41) is 5.11. The second-order valence-electron chi connectivity index (χ2n) is 5.86. The van der Waals surface area contributed by atoms with Crippen LogP contribution in [-0.4, -0.2) is 39.4 Å². The number of anilines is 1. The number of hydrogen-bond donors (Lipinski definition) is 0. The monoisotopic (exact) mass is 401 g/mol. The highest BCUT2D eigenvalue weighted by molar-refractivity contribution is 9.10. The van der Waals surface area contributed by atoms with Gasteiger partial charge in [-0.25, -0.2) is 14.6 Å². The van der Waals surface area contributed by atoms with Gasteiger partial charge in [-0.2, -0.15) is 5.10 Å². The van der Waals surface area contributed by atoms with Crippen LogP contribution < -0.4 is 4.90 Å². The van der Waals surface area contributed by atoms with Gasteiger partial charge in [-0.15, -0.1) is 0 Å². The van der Waals surface area contributed by atoms with Crippen LogP contribution in [-0.2, 0) is 29.0 Å². The summed E-state index contributed by atoms with van der Waals surface area (Å²) in [5.41, 5.74) is 3.27. The van der Waals surface area contributed by atoms with E-state index in [0.29, 0.717) is 5.65 Å². The normalized spacial score (nSPS) is 13.8. The van der Waals surface area contributed by atoms with Crippen molar-refractivity contribution in [2.75, 3.05) is 18.6 Å². The average molecular weight is 402 g/mol. The summed E-state index contributed by atoms with van der Waals surface area (Å²) < 4.78 is 7.37. The lowest BCUT2D eigenvalue weighted by Gasteiger charge is -2.30. The third-order valence-corrected chi connectivity index (χ3v) is 5.18. The van der Waals surface area contributed by atoms with E-state index in [4.69, 9.17) is 4.74 Å². The molecule has 128 valence electrons. The van der Waals surface area contributed by atoms with E-state index in [2.05, 4.69) is 54.1 Å². The molecule has 0 aliphatic carbocycles. The smallest absolute Gasteiger partial charge is 0.327 e. The lowest BCUT2D eigenvalue weighted by Crippen LogP contribution is -2.31. The lowest BCUT2D eigenvalue weighted by atomic mass is 10.00. The van der Waals surface area contributed by atoms with Crippen LogP contribution in [0.15, 0.2) is 35.2 Å². The summed E-state index contributed by atoms with van der Waals surface area (Å²) in [6.45, 7) is 1.67. The minimum atomic E-state index is -0.360. The first-order valence-corrected chi connectivity index (χ1v) is 8.71. The fourth-order valence-electron chi connectivity index (χ4n) is 3.16. The van der Waals surface area contributed by atoms with Crippen molar-refractivity contribution in [2.24, 2.45) is 0 Å². The second kappa shape index (κ2) is 6.44. The first-order chi connectivity index (χ1) is 12.2. The van der Waals surface area contributed by atoms with E-state index in [1.807, 2.05) is 0 Å². The Kier molecular flexibility index (Phi) is 4.12. The Morgan fingerprint density at radius 3 is 3.08 bits per heavy atom. The Morgan fingerprint density at radius 1 is 1.36 bits per heavy atom. The molecule has 2 aromatic heterocycles. The molecule has 1 aromatic carbocycles. The Morgan fingerprint density at radius 2 is 2.24 bits per heavy atom. The van der Waals surface area contributed by atoms with Crippen LogP contribution in [0.25, 0.3) is 11.0 Å². The average Bonchev–Trinajstić information content (AvgIpc) is 3.05. The highest BCUT2D eigenvalue weighted by atomic mass is 79.9. The summed E-state index contributed by atoms with van der Waals surface area (Å²) in [7, 11) is 1.36. The topological polar surface area (TPSA) is 73.1 Å². The fourth-order valence-corrected chi connectivity index (χ4v) is 3.69. The number of fused-ring (bicyclic) bond motifs is 2. The lowest BCUT2D eigenvalue weighted by molar-refractivity contribution is -0.141. The molecular formula is C17H16BrN5O2. The molecule has 0 fully saturated rings. The molecule has 7 nitrogen and oxygen atoms in total. The summed E-state index contributed by atoms with van der Waals surface area (Å²) >= 11 is 3.64. The molecule has 4 rings (SSSR count). The van der Waals surface area contributed by atoms with Gasteiger partial charge in [0, 0.05) is 17.6 Å². The van der Waals surface area contributed by atoms with Gasteiger partial charge in [-0.1, -0.05) is 28.1 Å². The van der Waals surface area contributed by atoms with Crippen molar-refractivity contribution >= 4 is 38.8 Å². The minimum absolute atomic E-state index is 0.0326. The van der Waals surface area contributed by atoms with Crippen LogP contribution in [0.5, 0.6) is 0 Å². The number of rotatable bonds is 3. The van der Waals surface area contributed by atoms with Crippen LogP contribution in [0.4, 0.5) is 5.82 Å². The summed E-state index contributed by atoms with van der Waals surface area (Å²) in [4.78, 5) is 22.5. The highest BCUT2D eigenvalue weighted by Gasteiger charge is 2.22. The number of esters is 1. The van der Waals surface area contributed by atoms with Gasteiger partial charge in [0.2, 0.25) is 0 Å². The molecule has 0 unspecified atom stereocenters. The maximum Gasteiger partial charge on any atom is 0.327 e. The predicted octanol–water partition coefficient (Wildman–Crippen LogP) is 2.32. The van der Waals surface area contributed by atoms with Gasteiger partial charge in [-0.05, 0) is 23.6 Å². The first-order valence-electron chi connectivity index (χ1n) is 7.92. The Balaban J connectivity index is 1.71. The van der Waals surface area contributed by atoms with Gasteiger partial charge in [-0.3, -0.25) is 4.79 Å². The molecule has 0 saturated carbocycles. The number of halogens is 1. The molecule has 3 aromatic rings. The van der Waals surface area contributed by atoms with Crippen LogP contribution in [0.2, 0.25) is 0 Å². The number of carbonyl (C=O) groups is 1. The Labute approximate surface area is 152 Å². The number of aromatic nitrogens is 4. The van der Waals surface area contributed by atoms with E-state index in [9.17, 15) is 4.79 Å². The van der Waals surface area contributed by atoms with Crippen molar-refractivity contribution in [3.63, 3.8) is 0 Å². The molecule has 0 bridgehead atoms. The molecule has 8 heteroatoms. The van der Waals surface area contributed by atoms with Gasteiger partial charge in [0.15, 0.2) is 5.65 Å². The quantitative estimate of drug-likeness (QED) is 0.627. The maximum absolute atomic E-state index is 11.5. The number of carbonyl (C=O) groups excluding carboxylic acids is 1. The first kappa shape index (κ1) is 16.0. The third-order valence-electron chi connectivity index (χ3n) is 4.43. The standard InChI is InChI=1S/C17H16BrN5O2/c1-25-15(24)9-23-17-12(7-21-23)16(19-10-20-17)22-6-5-11-3-2-4-14(18)13(11)8-22/h2-4,7,10H,5-6,8-9H2,1H3. The zero-order chi connectivity index (χ0) is 17.4. The number of benzene rings is 1. The Bertz CT molecular complexity index is 955. The van der Waals surface area contributed by atoms with E-state index in [0.717, 1.165) is 35.2 Å². The molecule has 0 atom stereocenters. The van der Waals surface area contributed by atoms with Crippen molar-refractivity contribution in [1.29, 1.82) is 0 Å². The molecule has 0 radical (unpaired) electrons. The number of nitrogens with zero attached hydrogens (tertiary/aromatic N) is 5. The van der Waals surface area contributed by atoms with Gasteiger partial charge >= 0.3 is 5.97 Å². The highest BCUT2D eigenvalue weighted by Crippen LogP contribution is 2.31. The van der Waals surface area contributed by atoms with E-state index in [1.54, 1.807) is 10.9 Å². The molecule has 3 heterocycles. The molecule has 0 amide bonds. The second-order valence-corrected chi connectivity index (χ2v) is 6.72. The van der Waals surface area contributed by atoms with Crippen molar-refractivity contribution in [2.45, 2.75) is 19.5 Å². The molecule has 0 saturated heterocycles. The SMILES string of the molecule is COC(=O)Cn1ncc2c(N3CCc4cccc(Br)c4C3)ncnc21. The van der Waals surface area contributed by atoms with Crippen LogP contribution >= 0.6 is 15.9 Å². The van der Waals surface area contributed by atoms with E-state index in [1.165, 1.54) is 24.6 Å². The van der Waals surface area contributed by atoms with Crippen LogP contribution in [0.1, 0.15) is 11.1 Å². The van der Waals surface area contributed by atoms with Gasteiger partial charge in [0.1, 0.15) is 18.7 Å². The van der Waals surface area contributed by atoms with Crippen LogP contribution in [0.3, 0.4) is 0 Å². The molecule has 1 aliphatic rings. The van der Waals surface area contributed by atoms with Crippen molar-refractivity contribution in [3.8, 4) is 0 Å². The Hall–Kier alpha value is -2.48. The zero-order valence-electron chi connectivity index (χ0n) is 13.6. The van der Waals surface area contributed by atoms with Crippen molar-refractivity contribution in [3.05, 3.63) is 46.3 Å². The summed E-state index contributed by atoms with van der Waals surface area (Å²) in [5.74, 6) is 0.475. The van der Waals surface area contributed by atoms with E-state index in [-0.39, 0.29) is 12.5 Å². The van der Waals surface area contributed by atoms with Crippen molar-refractivity contribution < 1.29 is 9.53 Å². The summed E-state index contributed by atoms with van der Waals surface area (Å²) in [6.07, 6.45) is 4.18. The van der Waals surface area contributed by atoms with E-state index < -0.39 is 0 Å². The molecule has 25 heavy (non-hydrogen) atoms. The van der Waals surface area contributed by atoms with Crippen molar-refractivity contribution in [1.82, 2.24) is 19.7 Å². The van der Waals surface area contributed by atoms with Gasteiger partial charge in [0.25, 0.3) is 0 Å². The molecule has 0 N–H and O–H groups in total. The van der Waals surface area contributed by atoms with Gasteiger partial charge in [0.05, 0.1) is 18.7 Å². The third kappa shape index (κ3) is 2.86. The molecule has 1 aliphatic heterocycles. The molecule has 0 spiro atoms. The zero-order valence-corrected chi connectivity index (χ0v) is 15.2. The van der Waals surface area contributed by atoms with Gasteiger partial charge < -0.3 is 9.64 Å². The number of methoxy groups -OCH3 is 1. The summed E-state index contributed by atoms with van der Waals surface area (Å²) in [6, 6.07) is 6.30. The largest absolute Gasteiger partial charge is 0.468 e. The maximum atomic E-state index is 11.5. The minimum Gasteiger partial charge on any atom is -0.468 e. The number of hydrogen-bond acceptors (Lipinski definition) is 6. The fraction of sp³-hybridized carbons (Fsp3) is 0.294. The van der Waals surface area contributed by atoms with E-state index >= 15 is 0 Å².